The number of piperazine rings is 1. The van der Waals surface area contributed by atoms with E-state index in [2.05, 4.69) is 31.0 Å². The van der Waals surface area contributed by atoms with Gasteiger partial charge < -0.3 is 10.2 Å². The van der Waals surface area contributed by atoms with Crippen LogP contribution >= 0.6 is 0 Å². The monoisotopic (exact) mass is 266 g/mol. The quantitative estimate of drug-likeness (QED) is 0.852. The largest absolute Gasteiger partial charge is 0.337 e. The van der Waals surface area contributed by atoms with Crippen LogP contribution in [0.4, 0.5) is 0 Å². The number of hydrogen-bond donors (Lipinski definition) is 1. The molecule has 3 nitrogen and oxygen atoms in total. The van der Waals surface area contributed by atoms with Crippen LogP contribution in [0.15, 0.2) is 0 Å². The summed E-state index contributed by atoms with van der Waals surface area (Å²) in [4.78, 5) is 14.5. The third-order valence-electron chi connectivity index (χ3n) is 4.79. The van der Waals surface area contributed by atoms with E-state index < -0.39 is 0 Å². The molecule has 1 heterocycles. The molecule has 1 amide bonds. The maximum Gasteiger partial charge on any atom is 0.222 e. The van der Waals surface area contributed by atoms with Crippen molar-refractivity contribution in [3.8, 4) is 0 Å². The van der Waals surface area contributed by atoms with Gasteiger partial charge in [0.2, 0.25) is 5.91 Å². The van der Waals surface area contributed by atoms with Gasteiger partial charge in [-0.05, 0) is 33.1 Å². The Balaban J connectivity index is 1.80. The highest BCUT2D eigenvalue weighted by atomic mass is 16.2. The lowest BCUT2D eigenvalue weighted by atomic mass is 9.86. The lowest BCUT2D eigenvalue weighted by Gasteiger charge is -2.43. The number of nitrogens with zero attached hydrogens (tertiary/aromatic N) is 1. The second-order valence-electron chi connectivity index (χ2n) is 7.18. The molecule has 2 fully saturated rings. The molecule has 1 aliphatic carbocycles. The van der Waals surface area contributed by atoms with Gasteiger partial charge in [-0.25, -0.2) is 0 Å². The summed E-state index contributed by atoms with van der Waals surface area (Å²) in [7, 11) is 0. The van der Waals surface area contributed by atoms with E-state index in [-0.39, 0.29) is 5.54 Å². The maximum absolute atomic E-state index is 12.4. The van der Waals surface area contributed by atoms with Gasteiger partial charge in [0.15, 0.2) is 0 Å². The zero-order valence-corrected chi connectivity index (χ0v) is 12.9. The van der Waals surface area contributed by atoms with Crippen molar-refractivity contribution in [2.24, 2.45) is 5.92 Å². The van der Waals surface area contributed by atoms with Crippen LogP contribution in [0.1, 0.15) is 65.7 Å². The molecule has 0 aromatic carbocycles. The molecule has 2 rings (SSSR count). The number of rotatable bonds is 3. The second-order valence-corrected chi connectivity index (χ2v) is 7.18. The minimum absolute atomic E-state index is 0.0625. The van der Waals surface area contributed by atoms with Crippen molar-refractivity contribution in [1.29, 1.82) is 0 Å². The van der Waals surface area contributed by atoms with Crippen molar-refractivity contribution in [1.82, 2.24) is 10.2 Å². The molecule has 2 aliphatic rings. The molecule has 0 radical (unpaired) electrons. The van der Waals surface area contributed by atoms with Gasteiger partial charge in [-0.3, -0.25) is 4.79 Å². The third-order valence-corrected chi connectivity index (χ3v) is 4.79. The Morgan fingerprint density at radius 1 is 1.26 bits per heavy atom. The zero-order chi connectivity index (χ0) is 13.9. The van der Waals surface area contributed by atoms with Gasteiger partial charge >= 0.3 is 0 Å². The Kier molecular flexibility index (Phi) is 4.88. The molecule has 1 atom stereocenters. The molecule has 3 heteroatoms. The highest BCUT2D eigenvalue weighted by Crippen LogP contribution is 2.28. The van der Waals surface area contributed by atoms with Gasteiger partial charge in [-0.1, -0.05) is 32.1 Å². The number of carbonyl (C=O) groups is 1. The van der Waals surface area contributed by atoms with Crippen LogP contribution in [-0.4, -0.2) is 35.5 Å². The van der Waals surface area contributed by atoms with Crippen LogP contribution in [0.25, 0.3) is 0 Å². The lowest BCUT2D eigenvalue weighted by molar-refractivity contribution is -0.136. The average molecular weight is 266 g/mol. The molecular formula is C16H30N2O. The summed E-state index contributed by atoms with van der Waals surface area (Å²) in [5.41, 5.74) is 0.0625. The van der Waals surface area contributed by atoms with Crippen LogP contribution in [0.2, 0.25) is 0 Å². The van der Waals surface area contributed by atoms with Gasteiger partial charge in [0.1, 0.15) is 0 Å². The first kappa shape index (κ1) is 14.8. The van der Waals surface area contributed by atoms with Crippen LogP contribution in [0.5, 0.6) is 0 Å². The van der Waals surface area contributed by atoms with E-state index in [1.165, 1.54) is 32.1 Å². The Labute approximate surface area is 118 Å². The van der Waals surface area contributed by atoms with Crippen molar-refractivity contribution in [2.45, 2.75) is 77.3 Å². The Morgan fingerprint density at radius 3 is 2.63 bits per heavy atom. The molecule has 0 bridgehead atoms. The fraction of sp³-hybridized carbons (Fsp3) is 0.938. The summed E-state index contributed by atoms with van der Waals surface area (Å²) in [5, 5.41) is 3.50. The number of nitrogens with one attached hydrogen (secondary N) is 1. The molecule has 0 aromatic heterocycles. The molecule has 19 heavy (non-hydrogen) atoms. The van der Waals surface area contributed by atoms with Crippen LogP contribution in [0.3, 0.4) is 0 Å². The molecule has 1 aliphatic heterocycles. The van der Waals surface area contributed by atoms with Crippen molar-refractivity contribution < 1.29 is 4.79 Å². The topological polar surface area (TPSA) is 32.3 Å². The van der Waals surface area contributed by atoms with Crippen LogP contribution < -0.4 is 5.32 Å². The SMILES string of the molecule is CC1CNC(C)(C)CN1C(=O)CCC1CCCCC1. The zero-order valence-electron chi connectivity index (χ0n) is 12.9. The summed E-state index contributed by atoms with van der Waals surface area (Å²) in [6.07, 6.45) is 8.69. The molecule has 0 aromatic rings. The lowest BCUT2D eigenvalue weighted by Crippen LogP contribution is -2.62. The van der Waals surface area contributed by atoms with Gasteiger partial charge in [-0.2, -0.15) is 0 Å². The highest BCUT2D eigenvalue weighted by molar-refractivity contribution is 5.76. The van der Waals surface area contributed by atoms with Crippen molar-refractivity contribution in [3.05, 3.63) is 0 Å². The van der Waals surface area contributed by atoms with Gasteiger partial charge in [0.25, 0.3) is 0 Å². The van der Waals surface area contributed by atoms with E-state index in [0.29, 0.717) is 11.9 Å². The second kappa shape index (κ2) is 6.25. The fourth-order valence-electron chi connectivity index (χ4n) is 3.45. The van der Waals surface area contributed by atoms with Gasteiger partial charge in [0.05, 0.1) is 0 Å². The van der Waals surface area contributed by atoms with Crippen LogP contribution in [0, 0.1) is 5.92 Å². The Morgan fingerprint density at radius 2 is 1.95 bits per heavy atom. The van der Waals surface area contributed by atoms with Crippen LogP contribution in [-0.2, 0) is 4.79 Å². The molecule has 0 spiro atoms. The Hall–Kier alpha value is -0.570. The van der Waals surface area contributed by atoms with E-state index in [1.807, 2.05) is 0 Å². The molecule has 1 saturated carbocycles. The van der Waals surface area contributed by atoms with E-state index in [1.54, 1.807) is 0 Å². The standard InChI is InChI=1S/C16H30N2O/c1-13-11-17-16(2,3)12-18(13)15(19)10-9-14-7-5-4-6-8-14/h13-14,17H,4-12H2,1-3H3. The molecule has 1 unspecified atom stereocenters. The predicted octanol–water partition coefficient (Wildman–Crippen LogP) is 2.95. The van der Waals surface area contributed by atoms with E-state index in [0.717, 1.165) is 31.8 Å². The van der Waals surface area contributed by atoms with E-state index >= 15 is 0 Å². The fourth-order valence-corrected chi connectivity index (χ4v) is 3.45. The molecular weight excluding hydrogens is 236 g/mol. The molecule has 1 saturated heterocycles. The van der Waals surface area contributed by atoms with E-state index in [4.69, 9.17) is 0 Å². The Bertz CT molecular complexity index is 308. The minimum Gasteiger partial charge on any atom is -0.337 e. The van der Waals surface area contributed by atoms with Gasteiger partial charge in [-0.15, -0.1) is 0 Å². The molecule has 1 N–H and O–H groups in total. The summed E-state index contributed by atoms with van der Waals surface area (Å²) >= 11 is 0. The predicted molar refractivity (Wildman–Crippen MR) is 79.1 cm³/mol. The normalized spacial score (nSPS) is 28.4. The summed E-state index contributed by atoms with van der Waals surface area (Å²) < 4.78 is 0. The minimum atomic E-state index is 0.0625. The number of carbonyl (C=O) groups excluding carboxylic acids is 1. The van der Waals surface area contributed by atoms with E-state index in [9.17, 15) is 4.79 Å². The van der Waals surface area contributed by atoms with Crippen molar-refractivity contribution in [3.63, 3.8) is 0 Å². The average Bonchev–Trinajstić information content (AvgIpc) is 2.40. The first-order valence-electron chi connectivity index (χ1n) is 8.02. The van der Waals surface area contributed by atoms with Gasteiger partial charge in [0, 0.05) is 31.1 Å². The highest BCUT2D eigenvalue weighted by Gasteiger charge is 2.32. The third kappa shape index (κ3) is 4.20. The molecule has 110 valence electrons. The number of hydrogen-bond acceptors (Lipinski definition) is 2. The summed E-state index contributed by atoms with van der Waals surface area (Å²) in [6, 6.07) is 0.340. The smallest absolute Gasteiger partial charge is 0.222 e. The van der Waals surface area contributed by atoms with Crippen molar-refractivity contribution in [2.75, 3.05) is 13.1 Å². The first-order valence-corrected chi connectivity index (χ1v) is 8.02. The number of amides is 1. The summed E-state index contributed by atoms with van der Waals surface area (Å²) in [5.74, 6) is 1.18. The first-order chi connectivity index (χ1) is 8.98. The van der Waals surface area contributed by atoms with Crippen molar-refractivity contribution >= 4 is 5.91 Å². The summed E-state index contributed by atoms with van der Waals surface area (Å²) in [6.45, 7) is 8.28. The maximum atomic E-state index is 12.4.